The molecule has 1 unspecified atom stereocenters. The van der Waals surface area contributed by atoms with Crippen LogP contribution in [0.2, 0.25) is 0 Å². The van der Waals surface area contributed by atoms with E-state index in [1.807, 2.05) is 6.20 Å². The van der Waals surface area contributed by atoms with Gasteiger partial charge in [-0.1, -0.05) is 30.3 Å². The molecule has 1 aliphatic carbocycles. The average molecular weight is 443 g/mol. The van der Waals surface area contributed by atoms with Crippen LogP contribution in [-0.4, -0.2) is 44.9 Å². The van der Waals surface area contributed by atoms with Crippen LogP contribution in [0.3, 0.4) is 0 Å². The Balaban J connectivity index is 1.22. The Morgan fingerprint density at radius 3 is 2.64 bits per heavy atom. The van der Waals surface area contributed by atoms with E-state index in [1.54, 1.807) is 23.2 Å². The van der Waals surface area contributed by atoms with Gasteiger partial charge in [-0.2, -0.15) is 5.11 Å². The van der Waals surface area contributed by atoms with E-state index in [0.717, 1.165) is 29.7 Å². The van der Waals surface area contributed by atoms with Gasteiger partial charge in [-0.25, -0.2) is 15.5 Å². The summed E-state index contributed by atoms with van der Waals surface area (Å²) >= 11 is 0. The van der Waals surface area contributed by atoms with Gasteiger partial charge in [0.25, 0.3) is 5.91 Å². The molecule has 3 heterocycles. The Kier molecular flexibility index (Phi) is 5.78. The van der Waals surface area contributed by atoms with Crippen molar-refractivity contribution in [1.82, 2.24) is 19.9 Å². The summed E-state index contributed by atoms with van der Waals surface area (Å²) in [5, 5.41) is 6.79. The molecule has 1 aliphatic heterocycles. The standard InChI is InChI=1S/C24H26N8O/c25-20(13-29-26)17-5-6-22(27-11-17)23(33)32-8-7-21-18(14-32)12-28-24(31-21)30-19-9-15-3-1-2-4-16(15)10-19/h1-6,11-12,19-20,26H,7-10,13-14,25H2,(H,28,30,31). The zero-order valence-electron chi connectivity index (χ0n) is 18.2. The van der Waals surface area contributed by atoms with Crippen LogP contribution >= 0.6 is 0 Å². The third kappa shape index (κ3) is 4.45. The Hall–Kier alpha value is -3.72. The van der Waals surface area contributed by atoms with E-state index in [1.165, 1.54) is 11.1 Å². The number of fused-ring (bicyclic) bond motifs is 2. The molecule has 1 atom stereocenters. The van der Waals surface area contributed by atoms with E-state index >= 15 is 0 Å². The van der Waals surface area contributed by atoms with Gasteiger partial charge in [-0.15, -0.1) is 0 Å². The van der Waals surface area contributed by atoms with Crippen molar-refractivity contribution in [3.05, 3.63) is 82.4 Å². The minimum absolute atomic E-state index is 0.128. The van der Waals surface area contributed by atoms with Crippen molar-refractivity contribution < 1.29 is 4.79 Å². The molecular formula is C24H26N8O. The fourth-order valence-electron chi connectivity index (χ4n) is 4.52. The number of nitrogens with zero attached hydrogens (tertiary/aromatic N) is 5. The molecule has 0 saturated heterocycles. The number of amides is 1. The Bertz CT molecular complexity index is 1150. The van der Waals surface area contributed by atoms with Gasteiger partial charge in [0, 0.05) is 43.5 Å². The fraction of sp³-hybridized carbons (Fsp3) is 0.333. The predicted octanol–water partition coefficient (Wildman–Crippen LogP) is 2.68. The maximum absolute atomic E-state index is 13.0. The largest absolute Gasteiger partial charge is 0.351 e. The molecule has 0 spiro atoms. The van der Waals surface area contributed by atoms with Crippen LogP contribution in [0.15, 0.2) is 53.9 Å². The lowest BCUT2D eigenvalue weighted by Crippen LogP contribution is -2.37. The third-order valence-electron chi connectivity index (χ3n) is 6.33. The predicted molar refractivity (Wildman–Crippen MR) is 123 cm³/mol. The van der Waals surface area contributed by atoms with Gasteiger partial charge in [0.15, 0.2) is 0 Å². The summed E-state index contributed by atoms with van der Waals surface area (Å²) in [7, 11) is 0. The quantitative estimate of drug-likeness (QED) is 0.503. The lowest BCUT2D eigenvalue weighted by Gasteiger charge is -2.28. The van der Waals surface area contributed by atoms with E-state index in [0.29, 0.717) is 37.2 Å². The number of hydrogen-bond donors (Lipinski definition) is 3. The summed E-state index contributed by atoms with van der Waals surface area (Å²) in [4.78, 5) is 28.3. The highest BCUT2D eigenvalue weighted by Crippen LogP contribution is 2.25. The molecule has 0 saturated carbocycles. The first kappa shape index (κ1) is 21.1. The number of pyridine rings is 1. The second kappa shape index (κ2) is 9.03. The van der Waals surface area contributed by atoms with Crippen molar-refractivity contribution in [2.24, 2.45) is 10.8 Å². The lowest BCUT2D eigenvalue weighted by atomic mass is 10.1. The highest BCUT2D eigenvalue weighted by molar-refractivity contribution is 5.92. The number of aromatic nitrogens is 3. The molecule has 2 aromatic heterocycles. The zero-order valence-corrected chi connectivity index (χ0v) is 18.2. The molecular weight excluding hydrogens is 416 g/mol. The van der Waals surface area contributed by atoms with Crippen LogP contribution in [0.4, 0.5) is 5.95 Å². The number of nitrogens with one attached hydrogen (secondary N) is 2. The van der Waals surface area contributed by atoms with E-state index in [2.05, 4.69) is 44.7 Å². The van der Waals surface area contributed by atoms with Gasteiger partial charge in [0.2, 0.25) is 5.95 Å². The van der Waals surface area contributed by atoms with E-state index < -0.39 is 0 Å². The molecule has 4 N–H and O–H groups in total. The molecule has 3 aromatic rings. The molecule has 1 amide bonds. The van der Waals surface area contributed by atoms with Crippen molar-refractivity contribution >= 4 is 11.9 Å². The third-order valence-corrected chi connectivity index (χ3v) is 6.33. The van der Waals surface area contributed by atoms with E-state index in [-0.39, 0.29) is 18.5 Å². The molecule has 9 heteroatoms. The molecule has 168 valence electrons. The fourth-order valence-corrected chi connectivity index (χ4v) is 4.52. The number of rotatable bonds is 6. The number of benzene rings is 1. The van der Waals surface area contributed by atoms with Gasteiger partial charge in [-0.3, -0.25) is 9.78 Å². The number of anilines is 1. The monoisotopic (exact) mass is 442 g/mol. The number of carbonyl (C=O) groups excluding carboxylic acids is 1. The summed E-state index contributed by atoms with van der Waals surface area (Å²) in [6.07, 6.45) is 6.05. The van der Waals surface area contributed by atoms with Crippen LogP contribution in [0.25, 0.3) is 0 Å². The summed E-state index contributed by atoms with van der Waals surface area (Å²) in [6.45, 7) is 1.24. The van der Waals surface area contributed by atoms with Crippen LogP contribution in [0, 0.1) is 5.53 Å². The topological polar surface area (TPSA) is 133 Å². The van der Waals surface area contributed by atoms with Crippen molar-refractivity contribution in [1.29, 1.82) is 5.53 Å². The first-order valence-corrected chi connectivity index (χ1v) is 11.1. The van der Waals surface area contributed by atoms with Crippen LogP contribution < -0.4 is 11.1 Å². The minimum atomic E-state index is -0.389. The van der Waals surface area contributed by atoms with Crippen molar-refractivity contribution in [3.63, 3.8) is 0 Å². The summed E-state index contributed by atoms with van der Waals surface area (Å²) < 4.78 is 0. The molecule has 2 aliphatic rings. The Morgan fingerprint density at radius 1 is 1.15 bits per heavy atom. The van der Waals surface area contributed by atoms with E-state index in [9.17, 15) is 4.79 Å². The van der Waals surface area contributed by atoms with E-state index in [4.69, 9.17) is 16.2 Å². The average Bonchev–Trinajstić information content (AvgIpc) is 3.26. The number of nitrogens with two attached hydrogens (primary N) is 1. The van der Waals surface area contributed by atoms with Crippen LogP contribution in [0.5, 0.6) is 0 Å². The zero-order chi connectivity index (χ0) is 22.8. The van der Waals surface area contributed by atoms with Gasteiger partial charge < -0.3 is 16.0 Å². The van der Waals surface area contributed by atoms with Crippen LogP contribution in [-0.2, 0) is 25.8 Å². The Labute approximate surface area is 192 Å². The molecule has 0 fully saturated rings. The summed E-state index contributed by atoms with van der Waals surface area (Å²) in [6, 6.07) is 11.9. The molecule has 5 rings (SSSR count). The SMILES string of the molecule is N=NCC(N)c1ccc(C(=O)N2CCc3nc(NC4Cc5ccccc5C4)ncc3C2)nc1. The highest BCUT2D eigenvalue weighted by atomic mass is 16.2. The first-order chi connectivity index (χ1) is 16.1. The molecule has 9 nitrogen and oxygen atoms in total. The maximum atomic E-state index is 13.0. The highest BCUT2D eigenvalue weighted by Gasteiger charge is 2.26. The first-order valence-electron chi connectivity index (χ1n) is 11.1. The smallest absolute Gasteiger partial charge is 0.272 e. The summed E-state index contributed by atoms with van der Waals surface area (Å²) in [5.41, 5.74) is 18.7. The molecule has 1 aromatic carbocycles. The second-order valence-electron chi connectivity index (χ2n) is 8.58. The van der Waals surface area contributed by atoms with Crippen LogP contribution in [0.1, 0.15) is 44.5 Å². The van der Waals surface area contributed by atoms with Crippen molar-refractivity contribution in [2.45, 2.75) is 37.9 Å². The number of carbonyl (C=O) groups is 1. The lowest BCUT2D eigenvalue weighted by molar-refractivity contribution is 0.0727. The Morgan fingerprint density at radius 2 is 1.94 bits per heavy atom. The summed E-state index contributed by atoms with van der Waals surface area (Å²) in [5.74, 6) is 0.524. The maximum Gasteiger partial charge on any atom is 0.272 e. The van der Waals surface area contributed by atoms with Gasteiger partial charge in [-0.05, 0) is 35.6 Å². The van der Waals surface area contributed by atoms with Gasteiger partial charge in [0.05, 0.1) is 18.3 Å². The molecule has 0 bridgehead atoms. The number of hydrogen-bond acceptors (Lipinski definition) is 8. The molecule has 0 radical (unpaired) electrons. The second-order valence-corrected chi connectivity index (χ2v) is 8.58. The van der Waals surface area contributed by atoms with Crippen molar-refractivity contribution in [2.75, 3.05) is 18.4 Å². The van der Waals surface area contributed by atoms with Gasteiger partial charge >= 0.3 is 0 Å². The minimum Gasteiger partial charge on any atom is -0.351 e. The van der Waals surface area contributed by atoms with Crippen molar-refractivity contribution in [3.8, 4) is 0 Å². The van der Waals surface area contributed by atoms with Gasteiger partial charge in [0.1, 0.15) is 5.69 Å². The normalized spacial score (nSPS) is 16.1. The molecule has 33 heavy (non-hydrogen) atoms.